The zero-order valence-corrected chi connectivity index (χ0v) is 11.6. The van der Waals surface area contributed by atoms with Gasteiger partial charge in [0, 0.05) is 4.47 Å². The van der Waals surface area contributed by atoms with Crippen molar-refractivity contribution in [3.05, 3.63) is 33.8 Å². The molecule has 0 bridgehead atoms. The highest BCUT2D eigenvalue weighted by Gasteiger charge is 2.19. The van der Waals surface area contributed by atoms with E-state index in [1.165, 1.54) is 14.2 Å². The molecule has 0 saturated heterocycles. The largest absolute Gasteiger partial charge is 0.469 e. The fourth-order valence-electron chi connectivity index (χ4n) is 1.47. The summed E-state index contributed by atoms with van der Waals surface area (Å²) in [7, 11) is 2.83. The van der Waals surface area contributed by atoms with Crippen LogP contribution < -0.4 is 0 Å². The maximum Gasteiger partial charge on any atom is 0.312 e. The lowest BCUT2D eigenvalue weighted by Crippen LogP contribution is -2.12. The molecule has 4 nitrogen and oxygen atoms in total. The molecule has 1 aromatic rings. The molecule has 0 aromatic heterocycles. The van der Waals surface area contributed by atoms with Gasteiger partial charge in [0.15, 0.2) is 0 Å². The number of methoxy groups -OCH3 is 1. The Labute approximate surface area is 109 Å². The average Bonchev–Trinajstić information content (AvgIpc) is 2.35. The first-order valence-corrected chi connectivity index (χ1v) is 5.91. The number of hydrogen-bond acceptors (Lipinski definition) is 4. The van der Waals surface area contributed by atoms with Crippen LogP contribution in [0.1, 0.15) is 24.0 Å². The smallest absolute Gasteiger partial charge is 0.312 e. The number of rotatable bonds is 5. The minimum Gasteiger partial charge on any atom is -0.469 e. The van der Waals surface area contributed by atoms with Crippen molar-refractivity contribution in [2.45, 2.75) is 19.4 Å². The van der Waals surface area contributed by atoms with Crippen molar-refractivity contribution in [3.8, 4) is 0 Å². The second-order valence-corrected chi connectivity index (χ2v) is 4.29. The third-order valence-electron chi connectivity index (χ3n) is 2.46. The molecule has 0 aliphatic carbocycles. The third-order valence-corrected chi connectivity index (χ3v) is 3.43. The van der Waals surface area contributed by atoms with E-state index in [2.05, 4.69) is 20.8 Å². The summed E-state index contributed by atoms with van der Waals surface area (Å²) in [6.07, 6.45) is 0. The highest BCUT2D eigenvalue weighted by atomic mass is 79.9. The number of benzene rings is 1. The molecule has 0 aliphatic rings. The van der Waals surface area contributed by atoms with Crippen LogP contribution in [0.3, 0.4) is 0 Å². The number of carbonyl (C=O) groups is 1. The Morgan fingerprint density at radius 1 is 1.41 bits per heavy atom. The molecule has 0 radical (unpaired) electrons. The molecule has 0 amide bonds. The van der Waals surface area contributed by atoms with Gasteiger partial charge >= 0.3 is 5.97 Å². The summed E-state index contributed by atoms with van der Waals surface area (Å²) in [5.74, 6) is -0.590. The third kappa shape index (κ3) is 3.52. The Morgan fingerprint density at radius 3 is 2.71 bits per heavy atom. The van der Waals surface area contributed by atoms with Crippen LogP contribution in [0.2, 0.25) is 0 Å². The van der Waals surface area contributed by atoms with E-state index < -0.39 is 0 Å². The van der Waals surface area contributed by atoms with E-state index in [0.29, 0.717) is 6.61 Å². The first-order valence-electron chi connectivity index (χ1n) is 5.12. The highest BCUT2D eigenvalue weighted by Crippen LogP contribution is 2.29. The van der Waals surface area contributed by atoms with Crippen LogP contribution in [0.5, 0.6) is 0 Å². The summed E-state index contributed by atoms with van der Waals surface area (Å²) in [5, 5.41) is 0. The quantitative estimate of drug-likeness (QED) is 0.477. The first-order chi connectivity index (χ1) is 8.11. The second-order valence-electron chi connectivity index (χ2n) is 3.49. The molecule has 5 heteroatoms. The molecule has 0 fully saturated rings. The first kappa shape index (κ1) is 14.2. The van der Waals surface area contributed by atoms with E-state index in [-0.39, 0.29) is 11.9 Å². The molecule has 0 saturated carbocycles. The molecule has 17 heavy (non-hydrogen) atoms. The Hall–Kier alpha value is -0.910. The van der Waals surface area contributed by atoms with Gasteiger partial charge < -0.3 is 4.74 Å². The van der Waals surface area contributed by atoms with Crippen LogP contribution in [0, 0.1) is 0 Å². The Balaban J connectivity index is 2.97. The van der Waals surface area contributed by atoms with Crippen molar-refractivity contribution in [1.82, 2.24) is 0 Å². The number of ether oxygens (including phenoxy) is 1. The monoisotopic (exact) mass is 302 g/mol. The Bertz CT molecular complexity index is 392. The van der Waals surface area contributed by atoms with Crippen LogP contribution in [0.15, 0.2) is 22.7 Å². The van der Waals surface area contributed by atoms with Crippen molar-refractivity contribution in [3.63, 3.8) is 0 Å². The molecule has 0 heterocycles. The van der Waals surface area contributed by atoms with Crippen LogP contribution in [0.25, 0.3) is 0 Å². The molecule has 1 aromatic carbocycles. The number of esters is 1. The molecule has 0 N–H and O–H groups in total. The molecule has 0 aliphatic heterocycles. The molecule has 1 rings (SSSR count). The van der Waals surface area contributed by atoms with E-state index in [0.717, 1.165) is 15.6 Å². The summed E-state index contributed by atoms with van der Waals surface area (Å²) >= 11 is 3.47. The Kier molecular flexibility index (Phi) is 5.61. The van der Waals surface area contributed by atoms with Crippen molar-refractivity contribution in [2.75, 3.05) is 14.2 Å². The maximum atomic E-state index is 11.5. The topological polar surface area (TPSA) is 44.8 Å². The average molecular weight is 303 g/mol. The standard InChI is InChI=1S/C12H15BrO4/c1-8(12(14)15-2)10-6-4-5-9(11(10)13)7-17-16-3/h4-6,8H,7H2,1-3H3. The van der Waals surface area contributed by atoms with Gasteiger partial charge in [0.05, 0.1) is 20.1 Å². The van der Waals surface area contributed by atoms with Crippen molar-refractivity contribution < 1.29 is 19.3 Å². The SMILES string of the molecule is COOCc1cccc(C(C)C(=O)OC)c1Br. The lowest BCUT2D eigenvalue weighted by molar-refractivity contribution is -0.282. The van der Waals surface area contributed by atoms with Gasteiger partial charge in [-0.15, -0.1) is 0 Å². The summed E-state index contributed by atoms with van der Waals surface area (Å²) < 4.78 is 5.57. The molecule has 0 spiro atoms. The molecular formula is C12H15BrO4. The highest BCUT2D eigenvalue weighted by molar-refractivity contribution is 9.10. The Morgan fingerprint density at radius 2 is 2.12 bits per heavy atom. The predicted molar refractivity (Wildman–Crippen MR) is 66.4 cm³/mol. The van der Waals surface area contributed by atoms with E-state index in [9.17, 15) is 4.79 Å². The van der Waals surface area contributed by atoms with Gasteiger partial charge in [-0.1, -0.05) is 34.1 Å². The van der Waals surface area contributed by atoms with Crippen molar-refractivity contribution in [1.29, 1.82) is 0 Å². The van der Waals surface area contributed by atoms with Gasteiger partial charge in [0.2, 0.25) is 0 Å². The van der Waals surface area contributed by atoms with E-state index in [1.54, 1.807) is 6.92 Å². The predicted octanol–water partition coefficient (Wildman–Crippen LogP) is 2.80. The zero-order chi connectivity index (χ0) is 12.8. The van der Waals surface area contributed by atoms with E-state index in [1.807, 2.05) is 18.2 Å². The van der Waals surface area contributed by atoms with Crippen molar-refractivity contribution in [2.24, 2.45) is 0 Å². The van der Waals surface area contributed by atoms with Gasteiger partial charge in [-0.2, -0.15) is 0 Å². The minimum absolute atomic E-state index is 0.268. The number of halogens is 1. The van der Waals surface area contributed by atoms with Crippen molar-refractivity contribution >= 4 is 21.9 Å². The minimum atomic E-state index is -0.322. The van der Waals surface area contributed by atoms with Crippen LogP contribution in [-0.2, 0) is 25.9 Å². The summed E-state index contributed by atoms with van der Waals surface area (Å²) in [6.45, 7) is 2.12. The second kappa shape index (κ2) is 6.74. The fraction of sp³-hybridized carbons (Fsp3) is 0.417. The van der Waals surface area contributed by atoms with E-state index >= 15 is 0 Å². The van der Waals surface area contributed by atoms with Gasteiger partial charge in [-0.05, 0) is 18.1 Å². The zero-order valence-electron chi connectivity index (χ0n) is 10.0. The van der Waals surface area contributed by atoms with E-state index in [4.69, 9.17) is 9.62 Å². The summed E-state index contributed by atoms with van der Waals surface area (Å²) in [5.41, 5.74) is 1.79. The van der Waals surface area contributed by atoms with Gasteiger partial charge in [-0.3, -0.25) is 4.79 Å². The lowest BCUT2D eigenvalue weighted by atomic mass is 9.99. The molecule has 1 atom stereocenters. The van der Waals surface area contributed by atoms with Crippen LogP contribution >= 0.6 is 15.9 Å². The molecule has 94 valence electrons. The lowest BCUT2D eigenvalue weighted by Gasteiger charge is -2.14. The fourth-order valence-corrected chi connectivity index (χ4v) is 2.19. The summed E-state index contributed by atoms with van der Waals surface area (Å²) in [6, 6.07) is 5.65. The van der Waals surface area contributed by atoms with Crippen LogP contribution in [0.4, 0.5) is 0 Å². The van der Waals surface area contributed by atoms with Gasteiger partial charge in [0.1, 0.15) is 6.61 Å². The number of carbonyl (C=O) groups excluding carboxylic acids is 1. The van der Waals surface area contributed by atoms with Gasteiger partial charge in [-0.25, -0.2) is 9.78 Å². The number of hydrogen-bond donors (Lipinski definition) is 0. The molecular weight excluding hydrogens is 288 g/mol. The van der Waals surface area contributed by atoms with Crippen LogP contribution in [-0.4, -0.2) is 20.2 Å². The summed E-state index contributed by atoms with van der Waals surface area (Å²) in [4.78, 5) is 20.9. The van der Waals surface area contributed by atoms with Gasteiger partial charge in [0.25, 0.3) is 0 Å². The normalized spacial score (nSPS) is 12.2. The molecule has 1 unspecified atom stereocenters. The maximum absolute atomic E-state index is 11.5.